The van der Waals surface area contributed by atoms with Crippen molar-refractivity contribution in [2.75, 3.05) is 6.61 Å². The quantitative estimate of drug-likeness (QED) is 0.876. The number of hydrogen-bond acceptors (Lipinski definition) is 3. The van der Waals surface area contributed by atoms with Crippen LogP contribution < -0.4 is 10.1 Å². The van der Waals surface area contributed by atoms with E-state index in [0.29, 0.717) is 6.54 Å². The van der Waals surface area contributed by atoms with Crippen LogP contribution in [-0.4, -0.2) is 18.3 Å². The lowest BCUT2D eigenvalue weighted by molar-refractivity contribution is 0.0523. The maximum atomic E-state index is 11.6. The molecule has 0 saturated carbocycles. The molecule has 0 aromatic heterocycles. The van der Waals surface area contributed by atoms with Crippen LogP contribution in [0.25, 0.3) is 0 Å². The zero-order chi connectivity index (χ0) is 13.2. The average molecular weight is 249 g/mol. The van der Waals surface area contributed by atoms with Crippen LogP contribution in [0.5, 0.6) is 5.75 Å². The molecular weight excluding hydrogens is 230 g/mol. The fraction of sp³-hybridized carbons (Fsp3) is 0.500. The van der Waals surface area contributed by atoms with Gasteiger partial charge in [-0.1, -0.05) is 12.1 Å². The maximum absolute atomic E-state index is 11.6. The summed E-state index contributed by atoms with van der Waals surface area (Å²) in [5, 5.41) is 2.77. The highest BCUT2D eigenvalue weighted by atomic mass is 16.6. The van der Waals surface area contributed by atoms with Crippen LogP contribution in [0, 0.1) is 0 Å². The van der Waals surface area contributed by atoms with Gasteiger partial charge < -0.3 is 14.8 Å². The van der Waals surface area contributed by atoms with Gasteiger partial charge in [-0.15, -0.1) is 0 Å². The Hall–Kier alpha value is -1.71. The number of amides is 1. The molecule has 1 aliphatic heterocycles. The normalized spacial score (nSPS) is 13.7. The second-order valence-corrected chi connectivity index (χ2v) is 5.35. The second-order valence-electron chi connectivity index (χ2n) is 5.35. The zero-order valence-corrected chi connectivity index (χ0v) is 11.1. The summed E-state index contributed by atoms with van der Waals surface area (Å²) in [5.41, 5.74) is 1.82. The van der Waals surface area contributed by atoms with E-state index in [9.17, 15) is 4.79 Å². The molecule has 0 atom stereocenters. The third-order valence-electron chi connectivity index (χ3n) is 2.66. The number of benzene rings is 1. The number of hydrogen-bond donors (Lipinski definition) is 1. The van der Waals surface area contributed by atoms with E-state index < -0.39 is 5.60 Å². The van der Waals surface area contributed by atoms with Crippen molar-refractivity contribution in [2.24, 2.45) is 0 Å². The van der Waals surface area contributed by atoms with Crippen molar-refractivity contribution in [1.82, 2.24) is 5.32 Å². The van der Waals surface area contributed by atoms with Gasteiger partial charge in [0.05, 0.1) is 6.61 Å². The van der Waals surface area contributed by atoms with Gasteiger partial charge in [0.25, 0.3) is 0 Å². The summed E-state index contributed by atoms with van der Waals surface area (Å²) in [7, 11) is 0. The Labute approximate surface area is 107 Å². The molecule has 1 aromatic carbocycles. The van der Waals surface area contributed by atoms with E-state index in [2.05, 4.69) is 5.32 Å². The van der Waals surface area contributed by atoms with Crippen molar-refractivity contribution in [3.63, 3.8) is 0 Å². The van der Waals surface area contributed by atoms with Gasteiger partial charge in [-0.2, -0.15) is 0 Å². The molecule has 0 aliphatic carbocycles. The minimum Gasteiger partial charge on any atom is -0.493 e. The summed E-state index contributed by atoms with van der Waals surface area (Å²) >= 11 is 0. The van der Waals surface area contributed by atoms with Crippen LogP contribution in [0.15, 0.2) is 18.2 Å². The molecule has 0 unspecified atom stereocenters. The fourth-order valence-electron chi connectivity index (χ4n) is 1.94. The summed E-state index contributed by atoms with van der Waals surface area (Å²) in [5.74, 6) is 0.929. The number of ether oxygens (including phenoxy) is 2. The Morgan fingerprint density at radius 3 is 2.94 bits per heavy atom. The predicted molar refractivity (Wildman–Crippen MR) is 68.7 cm³/mol. The fourth-order valence-corrected chi connectivity index (χ4v) is 1.94. The van der Waals surface area contributed by atoms with Gasteiger partial charge in [0.15, 0.2) is 0 Å². The van der Waals surface area contributed by atoms with Gasteiger partial charge >= 0.3 is 6.09 Å². The number of fused-ring (bicyclic) bond motifs is 1. The molecule has 2 rings (SSSR count). The SMILES string of the molecule is CC(C)(C)OC(=O)NCc1cccc2c1CCO2. The average Bonchev–Trinajstić information content (AvgIpc) is 2.72. The third kappa shape index (κ3) is 3.15. The lowest BCUT2D eigenvalue weighted by Gasteiger charge is -2.20. The molecule has 0 spiro atoms. The summed E-state index contributed by atoms with van der Waals surface area (Å²) in [4.78, 5) is 11.6. The molecule has 98 valence electrons. The molecule has 0 fully saturated rings. The van der Waals surface area contributed by atoms with E-state index in [1.54, 1.807) is 0 Å². The molecule has 1 amide bonds. The Morgan fingerprint density at radius 2 is 2.22 bits per heavy atom. The van der Waals surface area contributed by atoms with Gasteiger partial charge in [0, 0.05) is 18.5 Å². The van der Waals surface area contributed by atoms with Crippen LogP contribution >= 0.6 is 0 Å². The van der Waals surface area contributed by atoms with E-state index in [1.807, 2.05) is 39.0 Å². The van der Waals surface area contributed by atoms with E-state index in [1.165, 1.54) is 5.56 Å². The molecule has 4 nitrogen and oxygen atoms in total. The lowest BCUT2D eigenvalue weighted by Crippen LogP contribution is -2.32. The van der Waals surface area contributed by atoms with E-state index in [-0.39, 0.29) is 6.09 Å². The number of alkyl carbamates (subject to hydrolysis) is 1. The number of rotatable bonds is 2. The van der Waals surface area contributed by atoms with E-state index >= 15 is 0 Å². The first-order valence-electron chi connectivity index (χ1n) is 6.16. The van der Waals surface area contributed by atoms with Gasteiger partial charge in [0.1, 0.15) is 11.4 Å². The summed E-state index contributed by atoms with van der Waals surface area (Å²) in [6.07, 6.45) is 0.514. The summed E-state index contributed by atoms with van der Waals surface area (Å²) in [6.45, 7) is 6.74. The Morgan fingerprint density at radius 1 is 1.44 bits per heavy atom. The van der Waals surface area contributed by atoms with E-state index in [4.69, 9.17) is 9.47 Å². The lowest BCUT2D eigenvalue weighted by atomic mass is 10.1. The Bertz CT molecular complexity index is 449. The predicted octanol–water partition coefficient (Wildman–Crippen LogP) is 2.65. The number of nitrogens with one attached hydrogen (secondary N) is 1. The first kappa shape index (κ1) is 12.7. The minimum atomic E-state index is -0.466. The first-order valence-corrected chi connectivity index (χ1v) is 6.16. The van der Waals surface area contributed by atoms with Crippen LogP contribution in [0.1, 0.15) is 31.9 Å². The zero-order valence-electron chi connectivity index (χ0n) is 11.1. The first-order chi connectivity index (χ1) is 8.46. The van der Waals surface area contributed by atoms with Gasteiger partial charge in [-0.3, -0.25) is 0 Å². The molecule has 1 aromatic rings. The Kier molecular flexibility index (Phi) is 3.45. The Balaban J connectivity index is 1.95. The largest absolute Gasteiger partial charge is 0.493 e. The number of carbonyl (C=O) groups is 1. The minimum absolute atomic E-state index is 0.390. The topological polar surface area (TPSA) is 47.6 Å². The molecule has 1 heterocycles. The van der Waals surface area contributed by atoms with Crippen molar-refractivity contribution in [1.29, 1.82) is 0 Å². The summed E-state index contributed by atoms with van der Waals surface area (Å²) < 4.78 is 10.7. The smallest absolute Gasteiger partial charge is 0.407 e. The molecule has 1 N–H and O–H groups in total. The van der Waals surface area contributed by atoms with Crippen molar-refractivity contribution < 1.29 is 14.3 Å². The van der Waals surface area contributed by atoms with Crippen molar-refractivity contribution in [3.05, 3.63) is 29.3 Å². The molecule has 0 saturated heterocycles. The van der Waals surface area contributed by atoms with Crippen LogP contribution in [0.2, 0.25) is 0 Å². The second kappa shape index (κ2) is 4.88. The standard InChI is InChI=1S/C14H19NO3/c1-14(2,3)18-13(16)15-9-10-5-4-6-12-11(10)7-8-17-12/h4-6H,7-9H2,1-3H3,(H,15,16). The highest BCUT2D eigenvalue weighted by molar-refractivity contribution is 5.67. The van der Waals surface area contributed by atoms with Crippen LogP contribution in [0.4, 0.5) is 4.79 Å². The third-order valence-corrected chi connectivity index (χ3v) is 2.66. The highest BCUT2D eigenvalue weighted by Crippen LogP contribution is 2.27. The molecule has 1 aliphatic rings. The highest BCUT2D eigenvalue weighted by Gasteiger charge is 2.18. The van der Waals surface area contributed by atoms with Gasteiger partial charge in [-0.05, 0) is 32.4 Å². The van der Waals surface area contributed by atoms with Crippen molar-refractivity contribution in [2.45, 2.75) is 39.3 Å². The van der Waals surface area contributed by atoms with Crippen LogP contribution in [0.3, 0.4) is 0 Å². The molecule has 18 heavy (non-hydrogen) atoms. The monoisotopic (exact) mass is 249 g/mol. The van der Waals surface area contributed by atoms with Gasteiger partial charge in [-0.25, -0.2) is 4.79 Å². The molecule has 0 radical (unpaired) electrons. The molecule has 4 heteroatoms. The van der Waals surface area contributed by atoms with Crippen molar-refractivity contribution in [3.8, 4) is 5.75 Å². The summed E-state index contributed by atoms with van der Waals surface area (Å²) in [6, 6.07) is 5.90. The molecule has 0 bridgehead atoms. The maximum Gasteiger partial charge on any atom is 0.407 e. The van der Waals surface area contributed by atoms with E-state index in [0.717, 1.165) is 24.3 Å². The van der Waals surface area contributed by atoms with Crippen LogP contribution in [-0.2, 0) is 17.7 Å². The number of carbonyl (C=O) groups excluding carboxylic acids is 1. The van der Waals surface area contributed by atoms with Crippen molar-refractivity contribution >= 4 is 6.09 Å². The molecular formula is C14H19NO3. The van der Waals surface area contributed by atoms with Gasteiger partial charge in [0.2, 0.25) is 0 Å².